The quantitative estimate of drug-likeness (QED) is 0.0792. The van der Waals surface area contributed by atoms with Crippen LogP contribution in [0, 0.1) is 0 Å². The van der Waals surface area contributed by atoms with Gasteiger partial charge in [-0.05, 0) is 75.3 Å². The van der Waals surface area contributed by atoms with Crippen LogP contribution in [-0.4, -0.2) is 133 Å². The third kappa shape index (κ3) is 10.6. The number of hydrogen-bond acceptors (Lipinski definition) is 12. The number of piperidine rings is 2. The van der Waals surface area contributed by atoms with Crippen LogP contribution >= 0.6 is 18.7 Å². The number of aromatic nitrogens is 2. The van der Waals surface area contributed by atoms with Crippen molar-refractivity contribution < 1.29 is 33.3 Å². The lowest BCUT2D eigenvalue weighted by Crippen LogP contribution is -2.54. The van der Waals surface area contributed by atoms with Crippen LogP contribution in [0.3, 0.4) is 0 Å². The first kappa shape index (κ1) is 46.9. The second-order valence-electron chi connectivity index (χ2n) is 18.0. The monoisotopic (exact) mass is 936 g/mol. The SMILES string of the molecule is COc1cc(N2CCC(N3CCN(C(=O)CCCCCNc4ccc5c(c4)C(=O)N(C4CCC(=O)NC4=O)C5=O)CC3)CC2)ccc1Cc1ncc(Cl)c(Cc2ccccc2P(C)(C)=O)n1. The number of rotatable bonds is 16. The lowest BCUT2D eigenvalue weighted by Gasteiger charge is -2.43. The Morgan fingerprint density at radius 3 is 2.36 bits per heavy atom. The number of carbonyl (C=O) groups is 5. The number of nitrogens with one attached hydrogen (secondary N) is 2. The fraction of sp³-hybridized carbons (Fsp3) is 0.449. The second kappa shape index (κ2) is 20.5. The Morgan fingerprint density at radius 2 is 1.62 bits per heavy atom. The Labute approximate surface area is 391 Å². The molecule has 5 heterocycles. The number of piperazine rings is 1. The molecule has 3 fully saturated rings. The number of imide groups is 2. The molecule has 4 aliphatic rings. The third-order valence-corrected chi connectivity index (χ3v) is 15.2. The molecule has 3 saturated heterocycles. The molecular formula is C49H58ClN8O7P. The summed E-state index contributed by atoms with van der Waals surface area (Å²) in [5.41, 5.74) is 4.95. The van der Waals surface area contributed by atoms with E-state index in [1.165, 1.54) is 0 Å². The van der Waals surface area contributed by atoms with E-state index in [0.717, 1.165) is 104 Å². The number of fused-ring (bicyclic) bond motifs is 1. The highest BCUT2D eigenvalue weighted by atomic mass is 35.5. The molecular weight excluding hydrogens is 879 g/mol. The molecule has 348 valence electrons. The van der Waals surface area contributed by atoms with E-state index in [0.29, 0.717) is 54.1 Å². The van der Waals surface area contributed by atoms with Crippen molar-refractivity contribution in [2.45, 2.75) is 76.3 Å². The Kier molecular flexibility index (Phi) is 14.6. The van der Waals surface area contributed by atoms with Crippen molar-refractivity contribution in [2.75, 3.05) is 76.5 Å². The average molecular weight is 937 g/mol. The van der Waals surface area contributed by atoms with Crippen LogP contribution in [0.5, 0.6) is 5.75 Å². The van der Waals surface area contributed by atoms with Gasteiger partial charge in [0, 0.05) is 112 Å². The molecule has 0 aliphatic carbocycles. The number of methoxy groups -OCH3 is 1. The van der Waals surface area contributed by atoms with Gasteiger partial charge in [-0.1, -0.05) is 48.4 Å². The molecule has 17 heteroatoms. The van der Waals surface area contributed by atoms with Crippen molar-refractivity contribution in [1.82, 2.24) is 30.0 Å². The van der Waals surface area contributed by atoms with E-state index >= 15 is 0 Å². The summed E-state index contributed by atoms with van der Waals surface area (Å²) in [4.78, 5) is 80.5. The molecule has 0 spiro atoms. The van der Waals surface area contributed by atoms with Gasteiger partial charge in [-0.25, -0.2) is 9.97 Å². The summed E-state index contributed by atoms with van der Waals surface area (Å²) in [6.07, 6.45) is 7.88. The van der Waals surface area contributed by atoms with Gasteiger partial charge >= 0.3 is 0 Å². The maximum Gasteiger partial charge on any atom is 0.262 e. The van der Waals surface area contributed by atoms with Gasteiger partial charge in [-0.2, -0.15) is 0 Å². The predicted molar refractivity (Wildman–Crippen MR) is 255 cm³/mol. The summed E-state index contributed by atoms with van der Waals surface area (Å²) >= 11 is 6.57. The maximum absolute atomic E-state index is 13.1. The molecule has 1 unspecified atom stereocenters. The van der Waals surface area contributed by atoms with E-state index in [1.54, 1.807) is 44.8 Å². The standard InChI is InChI=1S/C49H58ClN8O7P/c1-65-42-30-36(14-12-32(42)28-44-52-31-39(50)40(53-44)27-33-9-6-7-10-43(33)66(2,3)64)55-21-18-35(19-22-55)56-23-25-57(26-24-56)46(60)11-5-4-8-20-51-34-13-15-37-38(29-34)49(63)58(48(37)62)41-16-17-45(59)54-47(41)61/h6-7,9-10,12-15,29-31,35,41,51H,4-5,8,11,16-28H2,1-3H3,(H,54,59,61). The first-order chi connectivity index (χ1) is 31.8. The van der Waals surface area contributed by atoms with E-state index in [9.17, 15) is 28.5 Å². The van der Waals surface area contributed by atoms with Crippen molar-refractivity contribution in [3.05, 3.63) is 106 Å². The van der Waals surface area contributed by atoms with Crippen LogP contribution in [0.1, 0.15) is 94.7 Å². The minimum Gasteiger partial charge on any atom is -0.496 e. The summed E-state index contributed by atoms with van der Waals surface area (Å²) in [5, 5.41) is 6.85. The molecule has 8 rings (SSSR count). The normalized spacial score (nSPS) is 18.4. The number of halogens is 1. The fourth-order valence-electron chi connectivity index (χ4n) is 9.64. The number of amides is 5. The van der Waals surface area contributed by atoms with Crippen LogP contribution in [0.2, 0.25) is 5.02 Å². The molecule has 1 atom stereocenters. The van der Waals surface area contributed by atoms with Gasteiger partial charge in [-0.3, -0.25) is 39.1 Å². The van der Waals surface area contributed by atoms with Gasteiger partial charge in [0.1, 0.15) is 24.8 Å². The molecule has 66 heavy (non-hydrogen) atoms. The highest BCUT2D eigenvalue weighted by Gasteiger charge is 2.44. The molecule has 3 aromatic carbocycles. The predicted octanol–water partition coefficient (Wildman–Crippen LogP) is 5.75. The molecule has 0 bridgehead atoms. The number of hydrogen-bond donors (Lipinski definition) is 2. The smallest absolute Gasteiger partial charge is 0.262 e. The van der Waals surface area contributed by atoms with E-state index in [4.69, 9.17) is 21.3 Å². The zero-order valence-electron chi connectivity index (χ0n) is 37.9. The van der Waals surface area contributed by atoms with Crippen LogP contribution < -0.4 is 25.6 Å². The van der Waals surface area contributed by atoms with Gasteiger partial charge in [-0.15, -0.1) is 0 Å². The van der Waals surface area contributed by atoms with E-state index in [-0.39, 0.29) is 29.9 Å². The third-order valence-electron chi connectivity index (χ3n) is 13.3. The van der Waals surface area contributed by atoms with Crippen LogP contribution in [0.15, 0.2) is 66.9 Å². The van der Waals surface area contributed by atoms with Crippen LogP contribution in [0.25, 0.3) is 0 Å². The number of unbranched alkanes of at least 4 members (excludes halogenated alkanes) is 2. The van der Waals surface area contributed by atoms with E-state index in [1.807, 2.05) is 29.2 Å². The van der Waals surface area contributed by atoms with Crippen LogP contribution in [0.4, 0.5) is 11.4 Å². The molecule has 2 N–H and O–H groups in total. The Bertz CT molecular complexity index is 2550. The van der Waals surface area contributed by atoms with Crippen molar-refractivity contribution in [3.63, 3.8) is 0 Å². The zero-order valence-corrected chi connectivity index (χ0v) is 39.5. The Morgan fingerprint density at radius 1 is 0.864 bits per heavy atom. The van der Waals surface area contributed by atoms with Crippen molar-refractivity contribution in [2.24, 2.45) is 0 Å². The zero-order chi connectivity index (χ0) is 46.5. The summed E-state index contributed by atoms with van der Waals surface area (Å²) in [6.45, 7) is 9.30. The van der Waals surface area contributed by atoms with Gasteiger partial charge in [0.05, 0.1) is 29.0 Å². The molecule has 4 aliphatic heterocycles. The Balaban J connectivity index is 0.740. The number of nitrogens with zero attached hydrogens (tertiary/aromatic N) is 6. The number of carbonyl (C=O) groups excluding carboxylic acids is 5. The van der Waals surface area contributed by atoms with E-state index in [2.05, 4.69) is 43.6 Å². The molecule has 4 aromatic rings. The lowest BCUT2D eigenvalue weighted by molar-refractivity contribution is -0.136. The summed E-state index contributed by atoms with van der Waals surface area (Å²) in [5.74, 6) is -0.463. The van der Waals surface area contributed by atoms with Gasteiger partial charge in [0.2, 0.25) is 17.7 Å². The molecule has 1 aromatic heterocycles. The largest absolute Gasteiger partial charge is 0.496 e. The highest BCUT2D eigenvalue weighted by Crippen LogP contribution is 2.37. The topological polar surface area (TPSA) is 174 Å². The average Bonchev–Trinajstić information content (AvgIpc) is 3.56. The summed E-state index contributed by atoms with van der Waals surface area (Å²) < 4.78 is 18.8. The summed E-state index contributed by atoms with van der Waals surface area (Å²) in [7, 11) is -0.794. The van der Waals surface area contributed by atoms with Crippen molar-refractivity contribution >= 4 is 65.0 Å². The minimum atomic E-state index is -2.48. The first-order valence-corrected chi connectivity index (χ1v) is 25.9. The highest BCUT2D eigenvalue weighted by molar-refractivity contribution is 7.70. The van der Waals surface area contributed by atoms with Crippen molar-refractivity contribution in [1.29, 1.82) is 0 Å². The molecule has 0 radical (unpaired) electrons. The minimum absolute atomic E-state index is 0.0759. The second-order valence-corrected chi connectivity index (χ2v) is 21.6. The number of anilines is 2. The maximum atomic E-state index is 13.1. The van der Waals surface area contributed by atoms with Gasteiger partial charge < -0.3 is 24.4 Å². The molecule has 0 saturated carbocycles. The molecule has 15 nitrogen and oxygen atoms in total. The first-order valence-electron chi connectivity index (χ1n) is 22.9. The molecule has 5 amide bonds. The van der Waals surface area contributed by atoms with Crippen molar-refractivity contribution in [3.8, 4) is 5.75 Å². The van der Waals surface area contributed by atoms with Gasteiger partial charge in [0.25, 0.3) is 11.8 Å². The Hall–Kier alpha value is -5.63. The summed E-state index contributed by atoms with van der Waals surface area (Å²) in [6, 6.07) is 18.6. The van der Waals surface area contributed by atoms with Gasteiger partial charge in [0.15, 0.2) is 0 Å². The number of ether oxygens (including phenoxy) is 1. The van der Waals surface area contributed by atoms with E-state index < -0.39 is 36.8 Å². The fourth-order valence-corrected chi connectivity index (χ4v) is 11.1. The lowest BCUT2D eigenvalue weighted by atomic mass is 10.0. The van der Waals surface area contributed by atoms with Crippen LogP contribution in [-0.2, 0) is 31.8 Å². The number of benzene rings is 3.